The molecular formula is C30H31Br2N3O5. The number of hydrogen-bond donors (Lipinski definition) is 1. The van der Waals surface area contributed by atoms with E-state index in [2.05, 4.69) is 72.9 Å². The second-order valence-corrected chi connectivity index (χ2v) is 11.6. The van der Waals surface area contributed by atoms with Gasteiger partial charge in [-0.15, -0.1) is 0 Å². The van der Waals surface area contributed by atoms with Crippen LogP contribution in [-0.2, 0) is 6.61 Å². The number of hydrogen-bond acceptors (Lipinski definition) is 6. The number of ether oxygens (including phenoxy) is 3. The molecule has 1 amide bonds. The highest BCUT2D eigenvalue weighted by atomic mass is 79.9. The van der Waals surface area contributed by atoms with Gasteiger partial charge in [0.25, 0.3) is 0 Å². The summed E-state index contributed by atoms with van der Waals surface area (Å²) in [5, 5.41) is 4.08. The lowest BCUT2D eigenvalue weighted by molar-refractivity contribution is 0.0923. The quantitative estimate of drug-likeness (QED) is 0.145. The highest BCUT2D eigenvalue weighted by molar-refractivity contribution is 9.13. The summed E-state index contributed by atoms with van der Waals surface area (Å²) in [6.45, 7) is 10.2. The fraction of sp³-hybridized carbons (Fsp3) is 0.267. The van der Waals surface area contributed by atoms with Gasteiger partial charge >= 0.3 is 5.91 Å². The van der Waals surface area contributed by atoms with Gasteiger partial charge in [-0.2, -0.15) is 5.10 Å². The number of rotatable bonds is 9. The molecule has 4 aromatic rings. The number of carbonyl (C=O) groups excluding carboxylic acids is 1. The first-order chi connectivity index (χ1) is 19.0. The Morgan fingerprint density at radius 1 is 1.02 bits per heavy atom. The standard InChI is InChI=1S/C30H31Br2N3O5/c1-18-7-8-19(2)35(18)21-9-11-22(12-10-21)38-17-23-13-14-24(39-23)29(36)34-33-16-20-15-25(37-6)28(27(32)26(20)31)40-30(3,4)5/h7-16H,17H2,1-6H3,(H,34,36)/b33-16+. The van der Waals surface area contributed by atoms with Crippen molar-refractivity contribution in [3.05, 3.63) is 92.0 Å². The van der Waals surface area contributed by atoms with Gasteiger partial charge in [0.2, 0.25) is 0 Å². The van der Waals surface area contributed by atoms with E-state index in [1.165, 1.54) is 17.6 Å². The maximum atomic E-state index is 12.6. The van der Waals surface area contributed by atoms with E-state index in [1.54, 1.807) is 25.3 Å². The van der Waals surface area contributed by atoms with Gasteiger partial charge in [0.05, 0.1) is 17.8 Å². The number of nitrogens with zero attached hydrogens (tertiary/aromatic N) is 2. The van der Waals surface area contributed by atoms with Crippen molar-refractivity contribution in [3.63, 3.8) is 0 Å². The fourth-order valence-electron chi connectivity index (χ4n) is 3.97. The molecule has 4 rings (SSSR count). The van der Waals surface area contributed by atoms with Crippen LogP contribution >= 0.6 is 31.9 Å². The van der Waals surface area contributed by atoms with Crippen LogP contribution in [0.5, 0.6) is 17.2 Å². The Morgan fingerprint density at radius 3 is 2.33 bits per heavy atom. The Kier molecular flexibility index (Phi) is 9.10. The molecule has 0 aliphatic carbocycles. The van der Waals surface area contributed by atoms with Crippen LogP contribution in [0.2, 0.25) is 0 Å². The van der Waals surface area contributed by atoms with Crippen molar-refractivity contribution in [2.75, 3.05) is 7.11 Å². The average Bonchev–Trinajstić information content (AvgIpc) is 3.52. The van der Waals surface area contributed by atoms with E-state index in [4.69, 9.17) is 18.6 Å². The molecule has 0 fully saturated rings. The molecule has 0 spiro atoms. The molecule has 40 heavy (non-hydrogen) atoms. The predicted octanol–water partition coefficient (Wildman–Crippen LogP) is 7.74. The smallest absolute Gasteiger partial charge is 0.307 e. The fourth-order valence-corrected chi connectivity index (χ4v) is 4.87. The summed E-state index contributed by atoms with van der Waals surface area (Å²) in [6.07, 6.45) is 1.50. The summed E-state index contributed by atoms with van der Waals surface area (Å²) in [5.74, 6) is 1.94. The van der Waals surface area contributed by atoms with Crippen LogP contribution in [-0.4, -0.2) is 29.4 Å². The molecule has 2 aromatic carbocycles. The van der Waals surface area contributed by atoms with Crippen LogP contribution in [0.4, 0.5) is 0 Å². The second kappa shape index (κ2) is 12.3. The monoisotopic (exact) mass is 671 g/mol. The molecule has 0 aliphatic heterocycles. The Balaban J connectivity index is 1.36. The van der Waals surface area contributed by atoms with Crippen molar-refractivity contribution in [2.45, 2.75) is 46.8 Å². The summed E-state index contributed by atoms with van der Waals surface area (Å²) >= 11 is 7.11. The third-order valence-corrected chi connectivity index (χ3v) is 7.93. The minimum atomic E-state index is -0.487. The number of furan rings is 1. The van der Waals surface area contributed by atoms with E-state index < -0.39 is 11.5 Å². The molecule has 2 aromatic heterocycles. The van der Waals surface area contributed by atoms with Gasteiger partial charge in [0.15, 0.2) is 17.3 Å². The van der Waals surface area contributed by atoms with E-state index >= 15 is 0 Å². The molecule has 8 nitrogen and oxygen atoms in total. The van der Waals surface area contributed by atoms with E-state index in [9.17, 15) is 4.79 Å². The number of hydrazone groups is 1. The normalized spacial score (nSPS) is 11.6. The molecule has 1 N–H and O–H groups in total. The molecule has 0 radical (unpaired) electrons. The largest absolute Gasteiger partial charge is 0.493 e. The number of amides is 1. The predicted molar refractivity (Wildman–Crippen MR) is 162 cm³/mol. The van der Waals surface area contributed by atoms with E-state index in [1.807, 2.05) is 45.0 Å². The molecule has 0 bridgehead atoms. The van der Waals surface area contributed by atoms with Crippen molar-refractivity contribution < 1.29 is 23.4 Å². The molecule has 0 atom stereocenters. The molecule has 0 unspecified atom stereocenters. The highest BCUT2D eigenvalue weighted by Crippen LogP contribution is 2.43. The zero-order chi connectivity index (χ0) is 29.0. The number of nitrogens with one attached hydrogen (secondary N) is 1. The minimum absolute atomic E-state index is 0.122. The number of aryl methyl sites for hydroxylation is 2. The van der Waals surface area contributed by atoms with Crippen LogP contribution in [0.25, 0.3) is 5.69 Å². The van der Waals surface area contributed by atoms with E-state index in [0.717, 1.165) is 5.69 Å². The van der Waals surface area contributed by atoms with Gasteiger partial charge in [-0.25, -0.2) is 5.43 Å². The van der Waals surface area contributed by atoms with Crippen molar-refractivity contribution in [1.82, 2.24) is 9.99 Å². The van der Waals surface area contributed by atoms with Gasteiger partial charge in [-0.3, -0.25) is 4.79 Å². The van der Waals surface area contributed by atoms with Crippen molar-refractivity contribution >= 4 is 44.0 Å². The highest BCUT2D eigenvalue weighted by Gasteiger charge is 2.22. The summed E-state index contributed by atoms with van der Waals surface area (Å²) < 4.78 is 26.6. The Bertz CT molecular complexity index is 1510. The Morgan fingerprint density at radius 2 is 1.70 bits per heavy atom. The maximum Gasteiger partial charge on any atom is 0.307 e. The third kappa shape index (κ3) is 6.98. The van der Waals surface area contributed by atoms with Crippen molar-refractivity contribution in [3.8, 4) is 22.9 Å². The first-order valence-corrected chi connectivity index (χ1v) is 14.1. The second-order valence-electron chi connectivity index (χ2n) is 10.0. The van der Waals surface area contributed by atoms with Crippen LogP contribution in [0.1, 0.15) is 54.0 Å². The molecule has 0 saturated heterocycles. The number of aromatic nitrogens is 1. The molecular weight excluding hydrogens is 642 g/mol. The van der Waals surface area contributed by atoms with E-state index in [-0.39, 0.29) is 12.4 Å². The number of halogens is 2. The first kappa shape index (κ1) is 29.5. The van der Waals surface area contributed by atoms with Crippen molar-refractivity contribution in [2.24, 2.45) is 5.10 Å². The summed E-state index contributed by atoms with van der Waals surface area (Å²) in [7, 11) is 1.56. The molecule has 0 aliphatic rings. The van der Waals surface area contributed by atoms with Crippen LogP contribution in [0.15, 0.2) is 73.1 Å². The summed E-state index contributed by atoms with van der Waals surface area (Å²) in [4.78, 5) is 12.6. The molecule has 2 heterocycles. The van der Waals surface area contributed by atoms with Crippen LogP contribution in [0.3, 0.4) is 0 Å². The van der Waals surface area contributed by atoms with Gasteiger partial charge in [-0.05, 0) is 121 Å². The summed E-state index contributed by atoms with van der Waals surface area (Å²) in [6, 6.07) is 17.1. The van der Waals surface area contributed by atoms with E-state index in [0.29, 0.717) is 37.5 Å². The van der Waals surface area contributed by atoms with Crippen molar-refractivity contribution in [1.29, 1.82) is 0 Å². The maximum absolute atomic E-state index is 12.6. The van der Waals surface area contributed by atoms with Crippen LogP contribution in [0, 0.1) is 13.8 Å². The lowest BCUT2D eigenvalue weighted by Gasteiger charge is -2.24. The Labute approximate surface area is 250 Å². The molecule has 10 heteroatoms. The minimum Gasteiger partial charge on any atom is -0.493 e. The van der Waals surface area contributed by atoms with Gasteiger partial charge in [0, 0.05) is 27.1 Å². The topological polar surface area (TPSA) is 87.2 Å². The lowest BCUT2D eigenvalue weighted by Crippen LogP contribution is -2.23. The number of carbonyl (C=O) groups is 1. The van der Waals surface area contributed by atoms with Gasteiger partial charge in [0.1, 0.15) is 23.7 Å². The lowest BCUT2D eigenvalue weighted by atomic mass is 10.1. The first-order valence-electron chi connectivity index (χ1n) is 12.5. The Hall–Kier alpha value is -3.50. The number of methoxy groups -OCH3 is 1. The number of benzene rings is 2. The SMILES string of the molecule is COc1cc(/C=N/NC(=O)c2ccc(COc3ccc(-n4c(C)ccc4C)cc3)o2)c(Br)c(Br)c1OC(C)(C)C. The van der Waals surface area contributed by atoms with Gasteiger partial charge < -0.3 is 23.2 Å². The van der Waals surface area contributed by atoms with Gasteiger partial charge in [-0.1, -0.05) is 0 Å². The average molecular weight is 673 g/mol. The third-order valence-electron chi connectivity index (χ3n) is 5.79. The molecule has 0 saturated carbocycles. The molecule has 210 valence electrons. The van der Waals surface area contributed by atoms with Crippen LogP contribution < -0.4 is 19.6 Å². The zero-order valence-electron chi connectivity index (χ0n) is 23.2. The zero-order valence-corrected chi connectivity index (χ0v) is 26.3. The summed E-state index contributed by atoms with van der Waals surface area (Å²) in [5.41, 5.74) is 6.14.